The molecule has 5 heteroatoms. The van der Waals surface area contributed by atoms with Gasteiger partial charge in [0.2, 0.25) is 0 Å². The van der Waals surface area contributed by atoms with Gasteiger partial charge in [-0.1, -0.05) is 19.1 Å². The van der Waals surface area contributed by atoms with E-state index in [2.05, 4.69) is 12.2 Å². The third kappa shape index (κ3) is 6.79. The lowest BCUT2D eigenvalue weighted by Crippen LogP contribution is -2.23. The van der Waals surface area contributed by atoms with Crippen LogP contribution in [0.2, 0.25) is 0 Å². The molecular formula is C14H22N2O3. The minimum absolute atomic E-state index is 0.0911. The van der Waals surface area contributed by atoms with Crippen molar-refractivity contribution in [1.82, 2.24) is 5.32 Å². The number of primary amides is 1. The van der Waals surface area contributed by atoms with Crippen LogP contribution < -0.4 is 15.8 Å². The van der Waals surface area contributed by atoms with Crippen molar-refractivity contribution >= 4 is 5.91 Å². The molecule has 106 valence electrons. The van der Waals surface area contributed by atoms with E-state index in [1.165, 1.54) is 0 Å². The minimum atomic E-state index is -0.474. The number of benzene rings is 1. The van der Waals surface area contributed by atoms with Gasteiger partial charge in [-0.25, -0.2) is 0 Å². The molecule has 3 N–H and O–H groups in total. The van der Waals surface area contributed by atoms with Crippen molar-refractivity contribution in [3.8, 4) is 5.75 Å². The van der Waals surface area contributed by atoms with Gasteiger partial charge in [-0.3, -0.25) is 4.79 Å². The van der Waals surface area contributed by atoms with Crippen LogP contribution in [0.15, 0.2) is 24.3 Å². The van der Waals surface area contributed by atoms with Crippen LogP contribution in [0.5, 0.6) is 5.75 Å². The first kappa shape index (κ1) is 15.5. The number of carbonyl (C=O) groups excluding carboxylic acids is 1. The molecule has 1 amide bonds. The van der Waals surface area contributed by atoms with E-state index < -0.39 is 5.91 Å². The maximum atomic E-state index is 10.6. The number of hydrogen-bond donors (Lipinski definition) is 2. The molecule has 0 aromatic heterocycles. The maximum Gasteiger partial charge on any atom is 0.255 e. The first-order valence-electron chi connectivity index (χ1n) is 6.31. The highest BCUT2D eigenvalue weighted by atomic mass is 16.5. The third-order valence-corrected chi connectivity index (χ3v) is 2.58. The quantitative estimate of drug-likeness (QED) is 0.697. The number of nitrogens with two attached hydrogens (primary N) is 1. The molecule has 1 atom stereocenters. The molecule has 0 spiro atoms. The SMILES string of the molecule is COCC(C)CNCc1ccc(OCC(N)=O)cc1. The van der Waals surface area contributed by atoms with E-state index in [-0.39, 0.29) is 6.61 Å². The molecule has 5 nitrogen and oxygen atoms in total. The van der Waals surface area contributed by atoms with Crippen molar-refractivity contribution in [2.24, 2.45) is 11.7 Å². The van der Waals surface area contributed by atoms with Crippen molar-refractivity contribution in [2.45, 2.75) is 13.5 Å². The molecule has 0 heterocycles. The topological polar surface area (TPSA) is 73.6 Å². The molecule has 0 aliphatic rings. The van der Waals surface area contributed by atoms with Gasteiger partial charge in [-0.05, 0) is 23.6 Å². The fourth-order valence-electron chi connectivity index (χ4n) is 1.66. The zero-order valence-corrected chi connectivity index (χ0v) is 11.5. The maximum absolute atomic E-state index is 10.6. The van der Waals surface area contributed by atoms with Gasteiger partial charge in [0.05, 0.1) is 0 Å². The number of methoxy groups -OCH3 is 1. The lowest BCUT2D eigenvalue weighted by atomic mass is 10.2. The van der Waals surface area contributed by atoms with Gasteiger partial charge in [0.1, 0.15) is 5.75 Å². The van der Waals surface area contributed by atoms with E-state index in [9.17, 15) is 4.79 Å². The number of hydrogen-bond acceptors (Lipinski definition) is 4. The largest absolute Gasteiger partial charge is 0.484 e. The van der Waals surface area contributed by atoms with Crippen LogP contribution in [-0.2, 0) is 16.1 Å². The van der Waals surface area contributed by atoms with Crippen LogP contribution in [0.1, 0.15) is 12.5 Å². The molecule has 1 rings (SSSR count). The normalized spacial score (nSPS) is 12.1. The summed E-state index contributed by atoms with van der Waals surface area (Å²) in [4.78, 5) is 10.6. The summed E-state index contributed by atoms with van der Waals surface area (Å²) in [5.41, 5.74) is 6.17. The third-order valence-electron chi connectivity index (χ3n) is 2.58. The Labute approximate surface area is 114 Å². The van der Waals surface area contributed by atoms with E-state index >= 15 is 0 Å². The van der Waals surface area contributed by atoms with E-state index in [0.29, 0.717) is 11.7 Å². The fraction of sp³-hybridized carbons (Fsp3) is 0.500. The van der Waals surface area contributed by atoms with Crippen LogP contribution in [0.3, 0.4) is 0 Å². The van der Waals surface area contributed by atoms with Crippen LogP contribution in [0, 0.1) is 5.92 Å². The second-order valence-corrected chi connectivity index (χ2v) is 4.59. The van der Waals surface area contributed by atoms with Crippen molar-refractivity contribution < 1.29 is 14.3 Å². The average Bonchev–Trinajstić information content (AvgIpc) is 2.38. The summed E-state index contributed by atoms with van der Waals surface area (Å²) in [6.07, 6.45) is 0. The van der Waals surface area contributed by atoms with Crippen LogP contribution >= 0.6 is 0 Å². The second-order valence-electron chi connectivity index (χ2n) is 4.59. The Hall–Kier alpha value is -1.59. The van der Waals surface area contributed by atoms with Gasteiger partial charge in [0.25, 0.3) is 5.91 Å². The molecular weight excluding hydrogens is 244 g/mol. The van der Waals surface area contributed by atoms with Gasteiger partial charge in [0.15, 0.2) is 6.61 Å². The van der Waals surface area contributed by atoms with Gasteiger partial charge >= 0.3 is 0 Å². The number of nitrogens with one attached hydrogen (secondary N) is 1. The number of carbonyl (C=O) groups is 1. The van der Waals surface area contributed by atoms with Crippen molar-refractivity contribution in [3.63, 3.8) is 0 Å². The molecule has 0 saturated carbocycles. The summed E-state index contributed by atoms with van der Waals surface area (Å²) in [6.45, 7) is 4.51. The lowest BCUT2D eigenvalue weighted by Gasteiger charge is -2.11. The number of ether oxygens (including phenoxy) is 2. The molecule has 0 saturated heterocycles. The van der Waals surface area contributed by atoms with Gasteiger partial charge < -0.3 is 20.5 Å². The molecule has 1 aromatic carbocycles. The van der Waals surface area contributed by atoms with Crippen molar-refractivity contribution in [2.75, 3.05) is 26.9 Å². The molecule has 0 aliphatic heterocycles. The predicted octanol–water partition coefficient (Wildman–Crippen LogP) is 0.923. The summed E-state index contributed by atoms with van der Waals surface area (Å²) >= 11 is 0. The Morgan fingerprint density at radius 3 is 2.63 bits per heavy atom. The predicted molar refractivity (Wildman–Crippen MR) is 73.9 cm³/mol. The number of rotatable bonds is 9. The van der Waals surface area contributed by atoms with E-state index in [1.807, 2.05) is 24.3 Å². The highest BCUT2D eigenvalue weighted by Gasteiger charge is 2.01. The van der Waals surface area contributed by atoms with Crippen molar-refractivity contribution in [3.05, 3.63) is 29.8 Å². The van der Waals surface area contributed by atoms with E-state index in [0.717, 1.165) is 25.3 Å². The number of amides is 1. The summed E-state index contributed by atoms with van der Waals surface area (Å²) in [5, 5.41) is 3.36. The lowest BCUT2D eigenvalue weighted by molar-refractivity contribution is -0.119. The zero-order valence-electron chi connectivity index (χ0n) is 11.5. The second kappa shape index (κ2) is 8.50. The monoisotopic (exact) mass is 266 g/mol. The molecule has 0 radical (unpaired) electrons. The van der Waals surface area contributed by atoms with E-state index in [1.54, 1.807) is 7.11 Å². The van der Waals surface area contributed by atoms with Gasteiger partial charge in [0, 0.05) is 26.8 Å². The Bertz CT molecular complexity index is 379. The fourth-order valence-corrected chi connectivity index (χ4v) is 1.66. The Morgan fingerprint density at radius 2 is 2.05 bits per heavy atom. The van der Waals surface area contributed by atoms with E-state index in [4.69, 9.17) is 15.2 Å². The first-order valence-corrected chi connectivity index (χ1v) is 6.31. The average molecular weight is 266 g/mol. The summed E-state index contributed by atoms with van der Waals surface area (Å²) in [7, 11) is 1.71. The molecule has 0 fully saturated rings. The van der Waals surface area contributed by atoms with Crippen LogP contribution in [-0.4, -0.2) is 32.8 Å². The minimum Gasteiger partial charge on any atom is -0.484 e. The highest BCUT2D eigenvalue weighted by molar-refractivity contribution is 5.75. The summed E-state index contributed by atoms with van der Waals surface area (Å²) in [6, 6.07) is 7.59. The zero-order chi connectivity index (χ0) is 14.1. The molecule has 19 heavy (non-hydrogen) atoms. The smallest absolute Gasteiger partial charge is 0.255 e. The Morgan fingerprint density at radius 1 is 1.37 bits per heavy atom. The molecule has 1 unspecified atom stereocenters. The molecule has 0 aliphatic carbocycles. The Kier molecular flexibility index (Phi) is 6.92. The van der Waals surface area contributed by atoms with Crippen LogP contribution in [0.4, 0.5) is 0 Å². The Balaban J connectivity index is 2.29. The van der Waals surface area contributed by atoms with Crippen LogP contribution in [0.25, 0.3) is 0 Å². The standard InChI is InChI=1S/C14H22N2O3/c1-11(9-18-2)7-16-8-12-3-5-13(6-4-12)19-10-14(15)17/h3-6,11,16H,7-10H2,1-2H3,(H2,15,17). The first-order chi connectivity index (χ1) is 9.11. The molecule has 0 bridgehead atoms. The highest BCUT2D eigenvalue weighted by Crippen LogP contribution is 2.11. The van der Waals surface area contributed by atoms with Gasteiger partial charge in [-0.15, -0.1) is 0 Å². The summed E-state index contributed by atoms with van der Waals surface area (Å²) < 4.78 is 10.3. The van der Waals surface area contributed by atoms with Crippen molar-refractivity contribution in [1.29, 1.82) is 0 Å². The molecule has 1 aromatic rings. The van der Waals surface area contributed by atoms with Gasteiger partial charge in [-0.2, -0.15) is 0 Å². The summed E-state index contributed by atoms with van der Waals surface area (Å²) in [5.74, 6) is 0.663.